The van der Waals surface area contributed by atoms with Crippen molar-refractivity contribution < 1.29 is 24.2 Å². The molecular weight excluding hydrogens is 278 g/mol. The Bertz CT molecular complexity index is 428. The highest BCUT2D eigenvalue weighted by Crippen LogP contribution is 2.25. The average Bonchev–Trinajstić information content (AvgIpc) is 2.46. The molecule has 0 aromatic rings. The Morgan fingerprint density at radius 2 is 2.29 bits per heavy atom. The maximum absolute atomic E-state index is 12.1. The van der Waals surface area contributed by atoms with Crippen LogP contribution in [0.15, 0.2) is 0 Å². The number of ether oxygens (including phenoxy) is 1. The number of amides is 3. The van der Waals surface area contributed by atoms with Gasteiger partial charge in [0.15, 0.2) is 6.10 Å². The van der Waals surface area contributed by atoms with Crippen molar-refractivity contribution in [3.05, 3.63) is 0 Å². The van der Waals surface area contributed by atoms with Crippen LogP contribution in [0, 0.1) is 5.92 Å². The van der Waals surface area contributed by atoms with Gasteiger partial charge in [-0.1, -0.05) is 0 Å². The van der Waals surface area contributed by atoms with Crippen molar-refractivity contribution in [1.29, 1.82) is 0 Å². The van der Waals surface area contributed by atoms with E-state index in [1.54, 1.807) is 4.90 Å². The van der Waals surface area contributed by atoms with Crippen molar-refractivity contribution in [1.82, 2.24) is 15.5 Å². The van der Waals surface area contributed by atoms with Crippen LogP contribution >= 0.6 is 0 Å². The summed E-state index contributed by atoms with van der Waals surface area (Å²) in [5, 5.41) is 14.4. The first-order valence-corrected chi connectivity index (χ1v) is 7.09. The van der Waals surface area contributed by atoms with Gasteiger partial charge in [-0.05, 0) is 18.8 Å². The molecule has 2 aliphatic rings. The number of urea groups is 1. The molecule has 0 aromatic heterocycles. The zero-order chi connectivity index (χ0) is 15.4. The second-order valence-corrected chi connectivity index (χ2v) is 5.46. The molecule has 21 heavy (non-hydrogen) atoms. The van der Waals surface area contributed by atoms with E-state index in [9.17, 15) is 14.4 Å². The van der Waals surface area contributed by atoms with Crippen molar-refractivity contribution in [3.63, 3.8) is 0 Å². The second kappa shape index (κ2) is 6.75. The highest BCUT2D eigenvalue weighted by Gasteiger charge is 2.35. The van der Waals surface area contributed by atoms with Crippen molar-refractivity contribution in [2.24, 2.45) is 5.92 Å². The molecule has 118 valence electrons. The van der Waals surface area contributed by atoms with Crippen molar-refractivity contribution in [2.45, 2.75) is 31.4 Å². The molecule has 0 saturated carbocycles. The molecule has 2 aliphatic heterocycles. The number of likely N-dealkylation sites (tertiary alicyclic amines) is 1. The first-order chi connectivity index (χ1) is 10.0. The van der Waals surface area contributed by atoms with E-state index in [0.29, 0.717) is 19.5 Å². The second-order valence-electron chi connectivity index (χ2n) is 5.46. The van der Waals surface area contributed by atoms with Gasteiger partial charge in [0.25, 0.3) is 0 Å². The van der Waals surface area contributed by atoms with Crippen molar-refractivity contribution in [3.8, 4) is 0 Å². The molecule has 0 aromatic carbocycles. The summed E-state index contributed by atoms with van der Waals surface area (Å²) in [7, 11) is 1.29. The smallest absolute Gasteiger partial charge is 0.334 e. The molecule has 0 bridgehead atoms. The van der Waals surface area contributed by atoms with Gasteiger partial charge >= 0.3 is 12.0 Å². The third-order valence-corrected chi connectivity index (χ3v) is 4.11. The predicted octanol–water partition coefficient (Wildman–Crippen LogP) is -0.604. The van der Waals surface area contributed by atoms with Gasteiger partial charge in [0.05, 0.1) is 6.54 Å². The van der Waals surface area contributed by atoms with Gasteiger partial charge in [-0.3, -0.25) is 4.79 Å². The molecule has 0 aliphatic carbocycles. The van der Waals surface area contributed by atoms with Crippen LogP contribution in [0.3, 0.4) is 0 Å². The zero-order valence-electron chi connectivity index (χ0n) is 12.0. The van der Waals surface area contributed by atoms with E-state index in [2.05, 4.69) is 10.6 Å². The Hall–Kier alpha value is -1.83. The Kier molecular flexibility index (Phi) is 5.00. The van der Waals surface area contributed by atoms with E-state index in [1.165, 1.54) is 7.11 Å². The number of nitrogens with zero attached hydrogens (tertiary/aromatic N) is 1. The van der Waals surface area contributed by atoms with E-state index in [4.69, 9.17) is 9.84 Å². The first kappa shape index (κ1) is 15.6. The molecule has 2 rings (SSSR count). The van der Waals surface area contributed by atoms with E-state index in [-0.39, 0.29) is 30.4 Å². The molecule has 0 spiro atoms. The minimum Gasteiger partial charge on any atom is -0.479 e. The third-order valence-electron chi connectivity index (χ3n) is 4.11. The summed E-state index contributed by atoms with van der Waals surface area (Å²) in [6, 6.07) is -0.130. The van der Waals surface area contributed by atoms with Gasteiger partial charge in [-0.2, -0.15) is 0 Å². The summed E-state index contributed by atoms with van der Waals surface area (Å²) >= 11 is 0. The zero-order valence-corrected chi connectivity index (χ0v) is 12.0. The minimum atomic E-state index is -1.11. The topological polar surface area (TPSA) is 108 Å². The molecule has 2 saturated heterocycles. The van der Waals surface area contributed by atoms with E-state index < -0.39 is 12.1 Å². The van der Waals surface area contributed by atoms with Gasteiger partial charge in [-0.25, -0.2) is 9.59 Å². The Morgan fingerprint density at radius 1 is 1.52 bits per heavy atom. The summed E-state index contributed by atoms with van der Waals surface area (Å²) < 4.78 is 4.77. The number of methoxy groups -OCH3 is 1. The number of fused-ring (bicyclic) bond motifs is 1. The standard InChI is InChI=1S/C13H21N3O5/c1-21-10(12(18)19)6-14-13(20)16-5-4-9-8(7-16)2-3-11(17)15-9/h8-10H,2-7H2,1H3,(H,14,20)(H,15,17)(H,18,19). The summed E-state index contributed by atoms with van der Waals surface area (Å²) in [5.74, 6) is -0.745. The highest BCUT2D eigenvalue weighted by atomic mass is 16.5. The number of carboxylic acids is 1. The largest absolute Gasteiger partial charge is 0.479 e. The van der Waals surface area contributed by atoms with Gasteiger partial charge < -0.3 is 25.4 Å². The lowest BCUT2D eigenvalue weighted by atomic mass is 9.85. The maximum Gasteiger partial charge on any atom is 0.334 e. The number of hydrogen-bond donors (Lipinski definition) is 3. The summed E-state index contributed by atoms with van der Waals surface area (Å²) in [4.78, 5) is 35.9. The van der Waals surface area contributed by atoms with Crippen LogP contribution in [0.1, 0.15) is 19.3 Å². The molecule has 0 radical (unpaired) electrons. The fraction of sp³-hybridized carbons (Fsp3) is 0.769. The van der Waals surface area contributed by atoms with Gasteiger partial charge in [0, 0.05) is 32.7 Å². The number of piperidine rings is 2. The number of aliphatic carboxylic acids is 1. The van der Waals surface area contributed by atoms with Crippen LogP contribution in [-0.2, 0) is 14.3 Å². The molecule has 8 nitrogen and oxygen atoms in total. The Morgan fingerprint density at radius 3 is 2.95 bits per heavy atom. The van der Waals surface area contributed by atoms with E-state index in [0.717, 1.165) is 12.8 Å². The van der Waals surface area contributed by atoms with Crippen molar-refractivity contribution >= 4 is 17.9 Å². The SMILES string of the molecule is COC(CNC(=O)N1CCC2NC(=O)CCC2C1)C(=O)O. The first-order valence-electron chi connectivity index (χ1n) is 7.09. The maximum atomic E-state index is 12.1. The number of rotatable bonds is 4. The van der Waals surface area contributed by atoms with Gasteiger partial charge in [0.1, 0.15) is 0 Å². The Labute approximate surface area is 122 Å². The molecule has 8 heteroatoms. The van der Waals surface area contributed by atoms with Crippen LogP contribution in [0.25, 0.3) is 0 Å². The number of carboxylic acid groups (broad SMARTS) is 1. The molecule has 3 atom stereocenters. The Balaban J connectivity index is 1.81. The van der Waals surface area contributed by atoms with Crippen LogP contribution in [0.2, 0.25) is 0 Å². The van der Waals surface area contributed by atoms with E-state index in [1.807, 2.05) is 0 Å². The molecule has 2 fully saturated rings. The molecule has 2 heterocycles. The van der Waals surface area contributed by atoms with Gasteiger partial charge in [-0.15, -0.1) is 0 Å². The van der Waals surface area contributed by atoms with Crippen molar-refractivity contribution in [2.75, 3.05) is 26.7 Å². The summed E-state index contributed by atoms with van der Waals surface area (Å²) in [6.45, 7) is 1.07. The number of carbonyl (C=O) groups excluding carboxylic acids is 2. The summed E-state index contributed by atoms with van der Waals surface area (Å²) in [6.07, 6.45) is 0.981. The number of carbonyl (C=O) groups is 3. The van der Waals surface area contributed by atoms with Crippen LogP contribution < -0.4 is 10.6 Å². The quantitative estimate of drug-likeness (QED) is 0.642. The minimum absolute atomic E-state index is 0.0635. The lowest BCUT2D eigenvalue weighted by Gasteiger charge is -2.41. The normalized spacial score (nSPS) is 26.5. The van der Waals surface area contributed by atoms with Crippen LogP contribution in [0.4, 0.5) is 4.79 Å². The predicted molar refractivity (Wildman–Crippen MR) is 72.7 cm³/mol. The fourth-order valence-corrected chi connectivity index (χ4v) is 2.86. The lowest BCUT2D eigenvalue weighted by Crippen LogP contribution is -2.57. The third kappa shape index (κ3) is 3.84. The number of hydrogen-bond acceptors (Lipinski definition) is 4. The lowest BCUT2D eigenvalue weighted by molar-refractivity contribution is -0.148. The molecule has 3 N–H and O–H groups in total. The average molecular weight is 299 g/mol. The molecule has 3 amide bonds. The van der Waals surface area contributed by atoms with E-state index >= 15 is 0 Å². The monoisotopic (exact) mass is 299 g/mol. The highest BCUT2D eigenvalue weighted by molar-refractivity contribution is 5.78. The fourth-order valence-electron chi connectivity index (χ4n) is 2.86. The molecular formula is C13H21N3O5. The molecule has 3 unspecified atom stereocenters. The van der Waals surface area contributed by atoms with Crippen LogP contribution in [0.5, 0.6) is 0 Å². The van der Waals surface area contributed by atoms with Crippen LogP contribution in [-0.4, -0.2) is 66.8 Å². The summed E-state index contributed by atoms with van der Waals surface area (Å²) in [5.41, 5.74) is 0. The number of nitrogens with one attached hydrogen (secondary N) is 2. The van der Waals surface area contributed by atoms with Gasteiger partial charge in [0.2, 0.25) is 5.91 Å².